The summed E-state index contributed by atoms with van der Waals surface area (Å²) in [6, 6.07) is 2.54. The molecule has 3 rings (SSSR count). The van der Waals surface area contributed by atoms with Crippen LogP contribution in [0.1, 0.15) is 41.6 Å². The molecule has 1 unspecified atom stereocenters. The van der Waals surface area contributed by atoms with Gasteiger partial charge in [-0.05, 0) is 25.5 Å². The molecule has 2 amide bonds. The molecule has 1 aromatic carbocycles. The summed E-state index contributed by atoms with van der Waals surface area (Å²) in [5.74, 6) is -2.32. The van der Waals surface area contributed by atoms with Gasteiger partial charge in [0.05, 0.1) is 17.7 Å². The molecule has 1 aliphatic rings. The number of hydrogen-bond donors (Lipinski definition) is 1. The maximum atomic E-state index is 13.9. The van der Waals surface area contributed by atoms with Crippen molar-refractivity contribution >= 4 is 28.6 Å². The summed E-state index contributed by atoms with van der Waals surface area (Å²) in [7, 11) is 0. The molecule has 21 heavy (non-hydrogen) atoms. The number of benzene rings is 1. The number of fused-ring (bicyclic) bond motifs is 1. The number of piperidine rings is 1. The second-order valence-corrected chi connectivity index (χ2v) is 5.08. The van der Waals surface area contributed by atoms with E-state index in [9.17, 15) is 18.8 Å². The van der Waals surface area contributed by atoms with Gasteiger partial charge < -0.3 is 4.42 Å². The SMILES string of the molecule is CC(=O)c1cc2occ(C3CCC(=O)NC3=O)c2cc1F. The fourth-order valence-corrected chi connectivity index (χ4v) is 2.60. The molecular weight excluding hydrogens is 277 g/mol. The van der Waals surface area contributed by atoms with Crippen LogP contribution in [-0.2, 0) is 9.59 Å². The van der Waals surface area contributed by atoms with E-state index in [0.29, 0.717) is 23.0 Å². The Bertz CT molecular complexity index is 777. The molecular formula is C15H12FNO4. The number of imide groups is 1. The highest BCUT2D eigenvalue weighted by atomic mass is 19.1. The van der Waals surface area contributed by atoms with Gasteiger partial charge >= 0.3 is 0 Å². The van der Waals surface area contributed by atoms with E-state index in [0.717, 1.165) is 0 Å². The molecule has 5 nitrogen and oxygen atoms in total. The zero-order valence-electron chi connectivity index (χ0n) is 11.2. The molecule has 6 heteroatoms. The average Bonchev–Trinajstić information content (AvgIpc) is 2.80. The van der Waals surface area contributed by atoms with Crippen molar-refractivity contribution < 1.29 is 23.2 Å². The molecule has 108 valence electrons. The number of hydrogen-bond acceptors (Lipinski definition) is 4. The van der Waals surface area contributed by atoms with Crippen LogP contribution in [0.5, 0.6) is 0 Å². The number of carbonyl (C=O) groups is 3. The third-order valence-corrected chi connectivity index (χ3v) is 3.69. The Morgan fingerprint density at radius 1 is 1.38 bits per heavy atom. The molecule has 0 bridgehead atoms. The zero-order chi connectivity index (χ0) is 15.1. The number of halogens is 1. The highest BCUT2D eigenvalue weighted by molar-refractivity contribution is 6.03. The van der Waals surface area contributed by atoms with Crippen molar-refractivity contribution in [2.45, 2.75) is 25.7 Å². The molecule has 1 aromatic heterocycles. The predicted molar refractivity (Wildman–Crippen MR) is 71.3 cm³/mol. The third-order valence-electron chi connectivity index (χ3n) is 3.69. The lowest BCUT2D eigenvalue weighted by Crippen LogP contribution is -2.39. The number of furan rings is 1. The second-order valence-electron chi connectivity index (χ2n) is 5.08. The number of ketones is 1. The Morgan fingerprint density at radius 2 is 2.14 bits per heavy atom. The summed E-state index contributed by atoms with van der Waals surface area (Å²) in [6.45, 7) is 1.27. The summed E-state index contributed by atoms with van der Waals surface area (Å²) in [5.41, 5.74) is 0.831. The molecule has 0 radical (unpaired) electrons. The number of carbonyl (C=O) groups excluding carboxylic acids is 3. The van der Waals surface area contributed by atoms with Crippen LogP contribution in [0.4, 0.5) is 4.39 Å². The van der Waals surface area contributed by atoms with E-state index in [1.54, 1.807) is 0 Å². The molecule has 1 saturated heterocycles. The minimum atomic E-state index is -0.648. The second kappa shape index (κ2) is 4.80. The minimum absolute atomic E-state index is 0.0494. The van der Waals surface area contributed by atoms with Crippen LogP contribution in [0.3, 0.4) is 0 Å². The summed E-state index contributed by atoms with van der Waals surface area (Å²) in [4.78, 5) is 34.4. The molecule has 1 atom stereocenters. The summed E-state index contributed by atoms with van der Waals surface area (Å²) in [6.07, 6.45) is 1.97. The maximum Gasteiger partial charge on any atom is 0.234 e. The van der Waals surface area contributed by atoms with Crippen molar-refractivity contribution in [2.24, 2.45) is 0 Å². The van der Waals surface area contributed by atoms with Crippen LogP contribution in [-0.4, -0.2) is 17.6 Å². The molecule has 0 saturated carbocycles. The van der Waals surface area contributed by atoms with E-state index >= 15 is 0 Å². The quantitative estimate of drug-likeness (QED) is 0.679. The topological polar surface area (TPSA) is 76.4 Å². The van der Waals surface area contributed by atoms with Crippen molar-refractivity contribution in [1.82, 2.24) is 5.32 Å². The van der Waals surface area contributed by atoms with Gasteiger partial charge in [0.25, 0.3) is 0 Å². The predicted octanol–water partition coefficient (Wildman–Crippen LogP) is 2.29. The lowest BCUT2D eigenvalue weighted by atomic mass is 9.90. The van der Waals surface area contributed by atoms with Gasteiger partial charge in [0.15, 0.2) is 5.78 Å². The first-order valence-corrected chi connectivity index (χ1v) is 6.52. The number of amides is 2. The highest BCUT2D eigenvalue weighted by Crippen LogP contribution is 2.33. The van der Waals surface area contributed by atoms with E-state index in [1.807, 2.05) is 0 Å². The van der Waals surface area contributed by atoms with Gasteiger partial charge in [0.1, 0.15) is 11.4 Å². The molecule has 1 fully saturated rings. The minimum Gasteiger partial charge on any atom is -0.464 e. The van der Waals surface area contributed by atoms with Crippen molar-refractivity contribution in [2.75, 3.05) is 0 Å². The number of Topliss-reactive ketones (excluding diaryl/α,β-unsaturated/α-hetero) is 1. The van der Waals surface area contributed by atoms with Crippen molar-refractivity contribution in [3.63, 3.8) is 0 Å². The number of nitrogens with one attached hydrogen (secondary N) is 1. The fourth-order valence-electron chi connectivity index (χ4n) is 2.60. The largest absolute Gasteiger partial charge is 0.464 e. The summed E-state index contributed by atoms with van der Waals surface area (Å²) in [5, 5.41) is 2.71. The first-order chi connectivity index (χ1) is 9.97. The monoisotopic (exact) mass is 289 g/mol. The van der Waals surface area contributed by atoms with Crippen LogP contribution in [0.2, 0.25) is 0 Å². The van der Waals surface area contributed by atoms with Crippen LogP contribution >= 0.6 is 0 Å². The van der Waals surface area contributed by atoms with E-state index in [2.05, 4.69) is 5.32 Å². The van der Waals surface area contributed by atoms with E-state index < -0.39 is 23.4 Å². The van der Waals surface area contributed by atoms with Crippen molar-refractivity contribution in [3.8, 4) is 0 Å². The van der Waals surface area contributed by atoms with E-state index in [-0.39, 0.29) is 17.9 Å². The van der Waals surface area contributed by atoms with Gasteiger partial charge in [0, 0.05) is 17.4 Å². The Balaban J connectivity index is 2.08. The highest BCUT2D eigenvalue weighted by Gasteiger charge is 2.30. The Hall–Kier alpha value is -2.50. The van der Waals surface area contributed by atoms with Gasteiger partial charge in [-0.15, -0.1) is 0 Å². The lowest BCUT2D eigenvalue weighted by Gasteiger charge is -2.19. The average molecular weight is 289 g/mol. The van der Waals surface area contributed by atoms with Gasteiger partial charge in [-0.25, -0.2) is 4.39 Å². The van der Waals surface area contributed by atoms with Gasteiger partial charge in [-0.2, -0.15) is 0 Å². The first kappa shape index (κ1) is 13.5. The van der Waals surface area contributed by atoms with Crippen LogP contribution in [0.25, 0.3) is 11.0 Å². The lowest BCUT2D eigenvalue weighted by molar-refractivity contribution is -0.134. The van der Waals surface area contributed by atoms with E-state index in [4.69, 9.17) is 4.42 Å². The van der Waals surface area contributed by atoms with E-state index in [1.165, 1.54) is 25.3 Å². The summed E-state index contributed by atoms with van der Waals surface area (Å²) < 4.78 is 19.3. The van der Waals surface area contributed by atoms with Crippen LogP contribution in [0.15, 0.2) is 22.8 Å². The Labute approximate surface area is 119 Å². The molecule has 2 heterocycles. The Kier molecular flexibility index (Phi) is 3.08. The molecule has 0 aliphatic carbocycles. The fraction of sp³-hybridized carbons (Fsp3) is 0.267. The summed E-state index contributed by atoms with van der Waals surface area (Å²) >= 11 is 0. The smallest absolute Gasteiger partial charge is 0.234 e. The third kappa shape index (κ3) is 2.22. The van der Waals surface area contributed by atoms with Crippen molar-refractivity contribution in [1.29, 1.82) is 0 Å². The molecule has 1 aliphatic heterocycles. The first-order valence-electron chi connectivity index (χ1n) is 6.52. The van der Waals surface area contributed by atoms with Crippen LogP contribution in [0, 0.1) is 5.82 Å². The Morgan fingerprint density at radius 3 is 2.81 bits per heavy atom. The molecule has 0 spiro atoms. The zero-order valence-corrected chi connectivity index (χ0v) is 11.2. The molecule has 1 N–H and O–H groups in total. The van der Waals surface area contributed by atoms with Gasteiger partial charge in [-0.3, -0.25) is 19.7 Å². The van der Waals surface area contributed by atoms with Gasteiger partial charge in [-0.1, -0.05) is 0 Å². The standard InChI is InChI=1S/C15H12FNO4/c1-7(18)9-5-13-10(4-12(9)16)11(6-21-13)8-2-3-14(19)17-15(8)20/h4-6,8H,2-3H2,1H3,(H,17,19,20). The van der Waals surface area contributed by atoms with Crippen LogP contribution < -0.4 is 5.32 Å². The molecule has 2 aromatic rings. The normalized spacial score (nSPS) is 18.9. The number of rotatable bonds is 2. The van der Waals surface area contributed by atoms with Crippen molar-refractivity contribution in [3.05, 3.63) is 35.3 Å². The maximum absolute atomic E-state index is 13.9. The van der Waals surface area contributed by atoms with Gasteiger partial charge in [0.2, 0.25) is 11.8 Å².